The number of hydrogen-bond donors (Lipinski definition) is 0. The smallest absolute Gasteiger partial charge is 0.0237 e. The Bertz CT molecular complexity index is 735. The van der Waals surface area contributed by atoms with Crippen LogP contribution in [0.15, 0.2) is 48.5 Å². The van der Waals surface area contributed by atoms with Crippen molar-refractivity contribution >= 4 is 0 Å². The van der Waals surface area contributed by atoms with E-state index in [9.17, 15) is 0 Å². The van der Waals surface area contributed by atoms with Crippen molar-refractivity contribution in [3.63, 3.8) is 0 Å². The molecule has 0 amide bonds. The Morgan fingerprint density at radius 1 is 0.533 bits per heavy atom. The highest BCUT2D eigenvalue weighted by Crippen LogP contribution is 2.25. The normalized spacial score (nSPS) is 13.1. The number of rotatable bonds is 7. The van der Waals surface area contributed by atoms with Crippen molar-refractivity contribution in [2.24, 2.45) is 16.2 Å². The topological polar surface area (TPSA) is 3.24 Å². The summed E-state index contributed by atoms with van der Waals surface area (Å²) in [5.41, 5.74) is 6.64. The average Bonchev–Trinajstić information content (AvgIpc) is 2.50. The molecule has 0 saturated carbocycles. The van der Waals surface area contributed by atoms with E-state index in [0.717, 1.165) is 32.5 Å². The van der Waals surface area contributed by atoms with Crippen LogP contribution >= 0.6 is 0 Å². The van der Waals surface area contributed by atoms with Gasteiger partial charge in [-0.2, -0.15) is 0 Å². The Morgan fingerprint density at radius 3 is 1.23 bits per heavy atom. The maximum Gasteiger partial charge on any atom is 0.0237 e. The zero-order chi connectivity index (χ0) is 22.6. The summed E-state index contributed by atoms with van der Waals surface area (Å²) in [5, 5.41) is 0. The summed E-state index contributed by atoms with van der Waals surface area (Å²) in [6, 6.07) is 18.4. The van der Waals surface area contributed by atoms with Gasteiger partial charge in [-0.05, 0) is 51.3 Å². The summed E-state index contributed by atoms with van der Waals surface area (Å²) in [7, 11) is 0. The summed E-state index contributed by atoms with van der Waals surface area (Å²) in [5.74, 6) is 0. The van der Waals surface area contributed by atoms with E-state index in [1.807, 2.05) is 0 Å². The van der Waals surface area contributed by atoms with Crippen LogP contribution in [-0.2, 0) is 25.9 Å². The molecule has 2 aromatic carbocycles. The van der Waals surface area contributed by atoms with Crippen molar-refractivity contribution < 1.29 is 0 Å². The van der Waals surface area contributed by atoms with Gasteiger partial charge in [0.2, 0.25) is 0 Å². The second kappa shape index (κ2) is 9.69. The lowest BCUT2D eigenvalue weighted by molar-refractivity contribution is 0.176. The Balaban J connectivity index is 2.19. The van der Waals surface area contributed by atoms with Crippen LogP contribution in [0.2, 0.25) is 0 Å². The second-order valence-corrected chi connectivity index (χ2v) is 12.8. The largest absolute Gasteiger partial charge is 0.294 e. The molecule has 0 heterocycles. The third-order valence-corrected chi connectivity index (χ3v) is 4.96. The van der Waals surface area contributed by atoms with Gasteiger partial charge >= 0.3 is 0 Å². The van der Waals surface area contributed by atoms with E-state index in [1.165, 1.54) is 22.3 Å². The van der Waals surface area contributed by atoms with E-state index < -0.39 is 0 Å². The number of hydrogen-bond acceptors (Lipinski definition) is 1. The van der Waals surface area contributed by atoms with Crippen LogP contribution in [-0.4, -0.2) is 11.4 Å². The van der Waals surface area contributed by atoms with E-state index in [4.69, 9.17) is 0 Å². The number of nitrogens with zero attached hydrogens (tertiary/aromatic N) is 1. The van der Waals surface area contributed by atoms with Crippen molar-refractivity contribution in [2.75, 3.05) is 6.54 Å². The fourth-order valence-corrected chi connectivity index (χ4v) is 4.26. The first-order valence-electron chi connectivity index (χ1n) is 11.6. The molecule has 1 nitrogen and oxygen atoms in total. The molecule has 0 aliphatic carbocycles. The predicted octanol–water partition coefficient (Wildman–Crippen LogP) is 7.91. The summed E-state index contributed by atoms with van der Waals surface area (Å²) in [6.45, 7) is 24.0. The lowest BCUT2D eigenvalue weighted by atomic mass is 9.87. The van der Waals surface area contributed by atoms with E-state index in [0.29, 0.717) is 10.8 Å². The predicted molar refractivity (Wildman–Crippen MR) is 133 cm³/mol. The quantitative estimate of drug-likeness (QED) is 0.450. The highest BCUT2D eigenvalue weighted by atomic mass is 15.1. The molecular formula is C29H45N. The molecule has 0 bridgehead atoms. The van der Waals surface area contributed by atoms with E-state index in [-0.39, 0.29) is 5.41 Å². The Kier molecular flexibility index (Phi) is 7.97. The molecular weight excluding hydrogens is 362 g/mol. The minimum Gasteiger partial charge on any atom is -0.294 e. The molecule has 30 heavy (non-hydrogen) atoms. The molecule has 0 spiro atoms. The van der Waals surface area contributed by atoms with Crippen molar-refractivity contribution in [3.8, 4) is 0 Å². The van der Waals surface area contributed by atoms with Crippen LogP contribution in [0.4, 0.5) is 0 Å². The van der Waals surface area contributed by atoms with Crippen LogP contribution in [0.5, 0.6) is 0 Å². The van der Waals surface area contributed by atoms with Gasteiger partial charge < -0.3 is 0 Å². The lowest BCUT2D eigenvalue weighted by Crippen LogP contribution is -2.32. The summed E-state index contributed by atoms with van der Waals surface area (Å²) in [6.07, 6.45) is 2.24. The summed E-state index contributed by atoms with van der Waals surface area (Å²) in [4.78, 5) is 2.62. The van der Waals surface area contributed by atoms with Gasteiger partial charge in [0.05, 0.1) is 0 Å². The van der Waals surface area contributed by atoms with Gasteiger partial charge in [0.25, 0.3) is 0 Å². The van der Waals surface area contributed by atoms with Crippen LogP contribution in [0, 0.1) is 16.2 Å². The van der Waals surface area contributed by atoms with Gasteiger partial charge in [-0.25, -0.2) is 0 Å². The minimum absolute atomic E-state index is 0.270. The SMILES string of the molecule is CC(C)(C)Cc1cccc(CN(Cc2cccc(CC(C)(C)C)c2)CC(C)(C)C)c1. The van der Waals surface area contributed by atoms with Crippen molar-refractivity contribution in [1.29, 1.82) is 0 Å². The van der Waals surface area contributed by atoms with Gasteiger partial charge in [0.1, 0.15) is 0 Å². The Hall–Kier alpha value is -1.60. The highest BCUT2D eigenvalue weighted by Gasteiger charge is 2.19. The molecule has 0 aliphatic rings. The first-order valence-corrected chi connectivity index (χ1v) is 11.6. The Morgan fingerprint density at radius 2 is 0.900 bits per heavy atom. The second-order valence-electron chi connectivity index (χ2n) is 12.8. The molecule has 1 heteroatoms. The van der Waals surface area contributed by atoms with Crippen LogP contribution < -0.4 is 0 Å². The van der Waals surface area contributed by atoms with Crippen LogP contribution in [0.3, 0.4) is 0 Å². The van der Waals surface area contributed by atoms with Gasteiger partial charge in [0.15, 0.2) is 0 Å². The van der Waals surface area contributed by atoms with E-state index in [2.05, 4.69) is 116 Å². The number of benzene rings is 2. The fourth-order valence-electron chi connectivity index (χ4n) is 4.26. The first kappa shape index (κ1) is 24.7. The molecule has 2 rings (SSSR count). The van der Waals surface area contributed by atoms with Gasteiger partial charge in [-0.15, -0.1) is 0 Å². The molecule has 2 aromatic rings. The summed E-state index contributed by atoms with van der Waals surface area (Å²) < 4.78 is 0. The maximum atomic E-state index is 2.62. The fraction of sp³-hybridized carbons (Fsp3) is 0.586. The zero-order valence-electron chi connectivity index (χ0n) is 21.1. The average molecular weight is 408 g/mol. The Labute approximate surface area is 186 Å². The third kappa shape index (κ3) is 9.94. The van der Waals surface area contributed by atoms with Gasteiger partial charge in [0, 0.05) is 19.6 Å². The molecule has 0 radical (unpaired) electrons. The maximum absolute atomic E-state index is 2.62. The van der Waals surface area contributed by atoms with Gasteiger partial charge in [-0.3, -0.25) is 4.90 Å². The van der Waals surface area contributed by atoms with Crippen molar-refractivity contribution in [2.45, 2.75) is 88.2 Å². The first-order chi connectivity index (χ1) is 13.7. The lowest BCUT2D eigenvalue weighted by Gasteiger charge is -2.30. The molecule has 0 unspecified atom stereocenters. The highest BCUT2D eigenvalue weighted by molar-refractivity contribution is 5.26. The van der Waals surface area contributed by atoms with Crippen LogP contribution in [0.1, 0.15) is 84.6 Å². The minimum atomic E-state index is 0.270. The molecule has 0 N–H and O–H groups in total. The van der Waals surface area contributed by atoms with Crippen molar-refractivity contribution in [3.05, 3.63) is 70.8 Å². The third-order valence-electron chi connectivity index (χ3n) is 4.96. The molecule has 0 aliphatic heterocycles. The standard InChI is InChI=1S/C29H45N/c1-27(2,3)18-23-12-10-14-25(16-23)20-30(22-29(7,8)9)21-26-15-11-13-24(17-26)19-28(4,5)6/h10-17H,18-22H2,1-9H3. The molecule has 166 valence electrons. The molecule has 0 aromatic heterocycles. The van der Waals surface area contributed by atoms with Crippen molar-refractivity contribution in [1.82, 2.24) is 4.90 Å². The zero-order valence-corrected chi connectivity index (χ0v) is 21.1. The molecule has 0 saturated heterocycles. The van der Waals surface area contributed by atoms with Gasteiger partial charge in [-0.1, -0.05) is 111 Å². The molecule has 0 atom stereocenters. The van der Waals surface area contributed by atoms with E-state index >= 15 is 0 Å². The summed E-state index contributed by atoms with van der Waals surface area (Å²) >= 11 is 0. The van der Waals surface area contributed by atoms with E-state index in [1.54, 1.807) is 0 Å². The van der Waals surface area contributed by atoms with Crippen LogP contribution in [0.25, 0.3) is 0 Å². The molecule has 0 fully saturated rings. The monoisotopic (exact) mass is 407 g/mol.